The van der Waals surface area contributed by atoms with E-state index < -0.39 is 0 Å². The van der Waals surface area contributed by atoms with Crippen LogP contribution in [0.3, 0.4) is 0 Å². The average Bonchev–Trinajstić information content (AvgIpc) is 2.37. The fourth-order valence-corrected chi connectivity index (χ4v) is 1.62. The van der Waals surface area contributed by atoms with E-state index in [2.05, 4.69) is 0 Å². The monoisotopic (exact) mass is 263 g/mol. The maximum absolute atomic E-state index is 12.3. The molecule has 0 aliphatic rings. The van der Waals surface area contributed by atoms with Gasteiger partial charge in [-0.3, -0.25) is 14.6 Å². The van der Waals surface area contributed by atoms with Crippen LogP contribution in [0.1, 0.15) is 13.3 Å². The molecule has 5 heteroatoms. The Balaban J connectivity index is 2.93. The Morgan fingerprint density at radius 2 is 1.63 bits per heavy atom. The summed E-state index contributed by atoms with van der Waals surface area (Å²) in [6.45, 7) is 2.09. The van der Waals surface area contributed by atoms with Crippen LogP contribution < -0.4 is 5.01 Å². The third-order valence-electron chi connectivity index (χ3n) is 2.77. The van der Waals surface area contributed by atoms with Crippen molar-refractivity contribution in [1.82, 2.24) is 9.91 Å². The second kappa shape index (κ2) is 6.89. The predicted molar refractivity (Wildman–Crippen MR) is 75.5 cm³/mol. The van der Waals surface area contributed by atoms with E-state index in [0.29, 0.717) is 18.7 Å². The number of carbonyl (C=O) groups is 2. The lowest BCUT2D eigenvalue weighted by molar-refractivity contribution is -0.133. The van der Waals surface area contributed by atoms with Crippen LogP contribution in [0.2, 0.25) is 0 Å². The van der Waals surface area contributed by atoms with Gasteiger partial charge in [-0.25, -0.2) is 5.01 Å². The Labute approximate surface area is 114 Å². The van der Waals surface area contributed by atoms with Gasteiger partial charge in [-0.2, -0.15) is 0 Å². The first-order valence-corrected chi connectivity index (χ1v) is 6.20. The summed E-state index contributed by atoms with van der Waals surface area (Å²) in [6, 6.07) is 9.19. The molecule has 0 fully saturated rings. The minimum Gasteiger partial charge on any atom is -0.309 e. The summed E-state index contributed by atoms with van der Waals surface area (Å²) in [5.74, 6) is -0.278. The number of para-hydroxylation sites is 1. The van der Waals surface area contributed by atoms with E-state index in [1.165, 1.54) is 16.9 Å². The molecule has 0 aromatic heterocycles. The Morgan fingerprint density at radius 1 is 1.05 bits per heavy atom. The highest BCUT2D eigenvalue weighted by molar-refractivity contribution is 5.95. The number of carbonyl (C=O) groups excluding carboxylic acids is 2. The summed E-state index contributed by atoms with van der Waals surface area (Å²) in [4.78, 5) is 25.8. The number of benzene rings is 1. The van der Waals surface area contributed by atoms with Crippen LogP contribution in [0, 0.1) is 0 Å². The molecule has 0 bridgehead atoms. The van der Waals surface area contributed by atoms with E-state index in [1.54, 1.807) is 7.05 Å². The van der Waals surface area contributed by atoms with Gasteiger partial charge in [0.05, 0.1) is 5.69 Å². The molecule has 0 spiro atoms. The third-order valence-corrected chi connectivity index (χ3v) is 2.77. The molecule has 1 aromatic rings. The van der Waals surface area contributed by atoms with Crippen molar-refractivity contribution in [3.05, 3.63) is 30.3 Å². The Kier molecular flexibility index (Phi) is 5.51. The molecule has 0 N–H and O–H groups in total. The van der Waals surface area contributed by atoms with E-state index in [1.807, 2.05) is 49.3 Å². The van der Waals surface area contributed by atoms with Crippen molar-refractivity contribution in [1.29, 1.82) is 0 Å². The maximum Gasteiger partial charge on any atom is 0.247 e. The van der Waals surface area contributed by atoms with Crippen molar-refractivity contribution in [3.8, 4) is 0 Å². The lowest BCUT2D eigenvalue weighted by atomic mass is 10.3. The molecule has 0 saturated carbocycles. The highest BCUT2D eigenvalue weighted by atomic mass is 16.2. The molecule has 0 radical (unpaired) electrons. The average molecular weight is 263 g/mol. The molecule has 0 aliphatic carbocycles. The summed E-state index contributed by atoms with van der Waals surface area (Å²) in [6.07, 6.45) is 0.361. The molecule has 104 valence electrons. The van der Waals surface area contributed by atoms with Crippen LogP contribution in [0.15, 0.2) is 30.3 Å². The van der Waals surface area contributed by atoms with Crippen molar-refractivity contribution in [2.45, 2.75) is 13.3 Å². The van der Waals surface area contributed by atoms with Gasteiger partial charge in [-0.05, 0) is 26.2 Å². The van der Waals surface area contributed by atoms with Gasteiger partial charge >= 0.3 is 0 Å². The summed E-state index contributed by atoms with van der Waals surface area (Å²) >= 11 is 0. The van der Waals surface area contributed by atoms with Gasteiger partial charge in [0.2, 0.25) is 11.8 Å². The van der Waals surface area contributed by atoms with E-state index in [9.17, 15) is 9.59 Å². The first kappa shape index (κ1) is 15.2. The molecular weight excluding hydrogens is 242 g/mol. The van der Waals surface area contributed by atoms with E-state index >= 15 is 0 Å². The zero-order chi connectivity index (χ0) is 14.4. The van der Waals surface area contributed by atoms with Crippen molar-refractivity contribution in [2.75, 3.05) is 32.7 Å². The largest absolute Gasteiger partial charge is 0.309 e. The first-order valence-electron chi connectivity index (χ1n) is 6.20. The maximum atomic E-state index is 12.3. The van der Waals surface area contributed by atoms with Gasteiger partial charge in [0.15, 0.2) is 0 Å². The lowest BCUT2D eigenvalue weighted by Crippen LogP contribution is -2.47. The van der Waals surface area contributed by atoms with Crippen molar-refractivity contribution in [3.63, 3.8) is 0 Å². The Hall–Kier alpha value is -1.88. The summed E-state index contributed by atoms with van der Waals surface area (Å²) in [5, 5.41) is 2.76. The molecule has 1 aromatic carbocycles. The molecule has 0 unspecified atom stereocenters. The second-order valence-electron chi connectivity index (χ2n) is 4.64. The Morgan fingerprint density at radius 3 is 2.11 bits per heavy atom. The minimum absolute atomic E-state index is 0.0994. The van der Waals surface area contributed by atoms with Crippen molar-refractivity contribution < 1.29 is 9.59 Å². The van der Waals surface area contributed by atoms with Gasteiger partial charge in [0.1, 0.15) is 0 Å². The number of anilines is 1. The molecule has 0 aliphatic heterocycles. The number of rotatable bonds is 4. The minimum atomic E-state index is -0.179. The van der Waals surface area contributed by atoms with E-state index in [4.69, 9.17) is 0 Å². The van der Waals surface area contributed by atoms with Gasteiger partial charge in [-0.1, -0.05) is 18.2 Å². The summed E-state index contributed by atoms with van der Waals surface area (Å²) in [7, 11) is 5.42. The lowest BCUT2D eigenvalue weighted by Gasteiger charge is -2.31. The summed E-state index contributed by atoms with van der Waals surface area (Å²) < 4.78 is 0. The number of hydrazine groups is 1. The highest BCUT2D eigenvalue weighted by Gasteiger charge is 2.21. The van der Waals surface area contributed by atoms with E-state index in [0.717, 1.165) is 0 Å². The summed E-state index contributed by atoms with van der Waals surface area (Å²) in [5.41, 5.74) is 0.698. The smallest absolute Gasteiger partial charge is 0.247 e. The number of amides is 2. The third kappa shape index (κ3) is 4.37. The Bertz CT molecular complexity index is 432. The topological polar surface area (TPSA) is 43.9 Å². The molecule has 19 heavy (non-hydrogen) atoms. The quantitative estimate of drug-likeness (QED) is 0.771. The molecular formula is C14H21N3O2. The zero-order valence-corrected chi connectivity index (χ0v) is 12.0. The molecule has 0 heterocycles. The zero-order valence-electron chi connectivity index (χ0n) is 12.0. The van der Waals surface area contributed by atoms with Gasteiger partial charge in [0.25, 0.3) is 0 Å². The number of hydrogen-bond acceptors (Lipinski definition) is 3. The van der Waals surface area contributed by atoms with Gasteiger partial charge in [-0.15, -0.1) is 0 Å². The van der Waals surface area contributed by atoms with Crippen LogP contribution in [0.25, 0.3) is 0 Å². The molecule has 5 nitrogen and oxygen atoms in total. The number of nitrogens with zero attached hydrogens (tertiary/aromatic N) is 3. The van der Waals surface area contributed by atoms with Crippen LogP contribution in [-0.2, 0) is 9.59 Å². The fraction of sp³-hybridized carbons (Fsp3) is 0.429. The van der Waals surface area contributed by atoms with Gasteiger partial charge in [0, 0.05) is 26.9 Å². The molecule has 1 rings (SSSR count). The molecule has 2 amide bonds. The van der Waals surface area contributed by atoms with Crippen LogP contribution in [-0.4, -0.2) is 49.4 Å². The SMILES string of the molecule is CC(=O)N(C)N(C(=O)CCN(C)C)c1ccccc1. The first-order chi connectivity index (χ1) is 8.93. The molecule has 0 saturated heterocycles. The van der Waals surface area contributed by atoms with Crippen LogP contribution >= 0.6 is 0 Å². The normalized spacial score (nSPS) is 10.4. The highest BCUT2D eigenvalue weighted by Crippen LogP contribution is 2.16. The van der Waals surface area contributed by atoms with Gasteiger partial charge < -0.3 is 4.90 Å². The molecule has 0 atom stereocenters. The van der Waals surface area contributed by atoms with Crippen LogP contribution in [0.5, 0.6) is 0 Å². The van der Waals surface area contributed by atoms with E-state index in [-0.39, 0.29) is 11.8 Å². The van der Waals surface area contributed by atoms with Crippen LogP contribution in [0.4, 0.5) is 5.69 Å². The van der Waals surface area contributed by atoms with Crippen molar-refractivity contribution >= 4 is 17.5 Å². The fourth-order valence-electron chi connectivity index (χ4n) is 1.62. The predicted octanol–water partition coefficient (Wildman–Crippen LogP) is 1.36. The van der Waals surface area contributed by atoms with Crippen molar-refractivity contribution in [2.24, 2.45) is 0 Å². The standard InChI is InChI=1S/C14H21N3O2/c1-12(18)16(4)17(13-8-6-5-7-9-13)14(19)10-11-15(2)3/h5-9H,10-11H2,1-4H3. The second-order valence-corrected chi connectivity index (χ2v) is 4.64. The number of hydrogen-bond donors (Lipinski definition) is 0.